The fraction of sp³-hybridized carbons (Fsp3) is 0.267. The molecule has 0 atom stereocenters. The minimum absolute atomic E-state index is 0.194. The summed E-state index contributed by atoms with van der Waals surface area (Å²) >= 11 is 3.53. The molecule has 0 bridgehead atoms. The van der Waals surface area contributed by atoms with Crippen molar-refractivity contribution in [1.29, 1.82) is 0 Å². The number of nitrogens with zero attached hydrogens (tertiary/aromatic N) is 1. The molecule has 0 fully saturated rings. The first-order valence-corrected chi connectivity index (χ1v) is 6.49. The Bertz CT molecular complexity index is 509. The zero-order valence-corrected chi connectivity index (χ0v) is 12.0. The van der Waals surface area contributed by atoms with E-state index in [1.165, 1.54) is 5.56 Å². The van der Waals surface area contributed by atoms with Crippen molar-refractivity contribution in [3.63, 3.8) is 0 Å². The molecule has 0 spiro atoms. The van der Waals surface area contributed by atoms with Crippen molar-refractivity contribution < 1.29 is 0 Å². The molecule has 0 saturated carbocycles. The number of halogens is 1. The van der Waals surface area contributed by atoms with Crippen LogP contribution >= 0.6 is 15.9 Å². The van der Waals surface area contributed by atoms with E-state index in [2.05, 4.69) is 66.0 Å². The fourth-order valence-electron chi connectivity index (χ4n) is 1.73. The number of hydrogen-bond donors (Lipinski definition) is 0. The maximum atomic E-state index is 4.39. The predicted octanol–water partition coefficient (Wildman–Crippen LogP) is 4.81. The van der Waals surface area contributed by atoms with Crippen LogP contribution in [0.4, 0.5) is 0 Å². The Morgan fingerprint density at radius 3 is 2.18 bits per heavy atom. The van der Waals surface area contributed by atoms with E-state index < -0.39 is 0 Å². The average molecular weight is 290 g/mol. The summed E-state index contributed by atoms with van der Waals surface area (Å²) in [6, 6.07) is 12.6. The van der Waals surface area contributed by atoms with Gasteiger partial charge in [-0.05, 0) is 39.0 Å². The van der Waals surface area contributed by atoms with Crippen LogP contribution in [0.5, 0.6) is 0 Å². The molecule has 1 aromatic carbocycles. The Morgan fingerprint density at radius 1 is 1.00 bits per heavy atom. The molecular formula is C15H16BrN. The van der Waals surface area contributed by atoms with Crippen molar-refractivity contribution in [2.75, 3.05) is 0 Å². The molecule has 2 aromatic rings. The van der Waals surface area contributed by atoms with Gasteiger partial charge in [-0.2, -0.15) is 0 Å². The first-order valence-electron chi connectivity index (χ1n) is 5.70. The minimum Gasteiger partial charge on any atom is -0.255 e. The smallest absolute Gasteiger partial charge is 0.0843 e. The largest absolute Gasteiger partial charge is 0.255 e. The van der Waals surface area contributed by atoms with Gasteiger partial charge in [0.05, 0.1) is 5.69 Å². The van der Waals surface area contributed by atoms with Gasteiger partial charge in [0.15, 0.2) is 0 Å². The molecule has 17 heavy (non-hydrogen) atoms. The molecule has 0 N–H and O–H groups in total. The molecule has 0 aliphatic heterocycles. The van der Waals surface area contributed by atoms with Gasteiger partial charge in [-0.3, -0.25) is 4.98 Å². The van der Waals surface area contributed by atoms with Crippen molar-refractivity contribution in [2.45, 2.75) is 26.2 Å². The maximum absolute atomic E-state index is 4.39. The quantitative estimate of drug-likeness (QED) is 0.734. The van der Waals surface area contributed by atoms with E-state index in [9.17, 15) is 0 Å². The minimum atomic E-state index is 0.194. The lowest BCUT2D eigenvalue weighted by atomic mass is 9.86. The summed E-state index contributed by atoms with van der Waals surface area (Å²) in [5, 5.41) is 0. The van der Waals surface area contributed by atoms with Crippen molar-refractivity contribution in [3.05, 3.63) is 52.6 Å². The number of pyridine rings is 1. The Morgan fingerprint density at radius 2 is 1.65 bits per heavy atom. The zero-order valence-electron chi connectivity index (χ0n) is 10.4. The highest BCUT2D eigenvalue weighted by Gasteiger charge is 2.13. The lowest BCUT2D eigenvalue weighted by Gasteiger charge is -2.19. The molecule has 2 heteroatoms. The molecule has 0 saturated heterocycles. The summed E-state index contributed by atoms with van der Waals surface area (Å²) in [4.78, 5) is 4.39. The van der Waals surface area contributed by atoms with Crippen molar-refractivity contribution >= 4 is 15.9 Å². The predicted molar refractivity (Wildman–Crippen MR) is 76.1 cm³/mol. The third kappa shape index (κ3) is 2.75. The van der Waals surface area contributed by atoms with Gasteiger partial charge >= 0.3 is 0 Å². The van der Waals surface area contributed by atoms with Crippen LogP contribution in [0.2, 0.25) is 0 Å². The Labute approximate surface area is 111 Å². The zero-order chi connectivity index (χ0) is 12.5. The highest BCUT2D eigenvalue weighted by molar-refractivity contribution is 9.10. The maximum Gasteiger partial charge on any atom is 0.0843 e. The topological polar surface area (TPSA) is 12.9 Å². The Balaban J connectivity index is 2.40. The van der Waals surface area contributed by atoms with Gasteiger partial charge in [-0.1, -0.05) is 45.0 Å². The van der Waals surface area contributed by atoms with E-state index in [-0.39, 0.29) is 5.41 Å². The second-order valence-electron chi connectivity index (χ2n) is 5.16. The van der Waals surface area contributed by atoms with Crippen LogP contribution in [0.1, 0.15) is 26.3 Å². The van der Waals surface area contributed by atoms with Gasteiger partial charge in [-0.25, -0.2) is 0 Å². The Hall–Kier alpha value is -1.15. The molecule has 0 radical (unpaired) electrons. The van der Waals surface area contributed by atoms with Gasteiger partial charge in [0.1, 0.15) is 0 Å². The van der Waals surface area contributed by atoms with Crippen LogP contribution in [-0.4, -0.2) is 4.98 Å². The molecule has 0 unspecified atom stereocenters. The van der Waals surface area contributed by atoms with E-state index in [1.807, 2.05) is 18.3 Å². The molecule has 0 aliphatic rings. The third-order valence-corrected chi connectivity index (χ3v) is 3.42. The van der Waals surface area contributed by atoms with Crippen molar-refractivity contribution in [3.8, 4) is 11.3 Å². The highest BCUT2D eigenvalue weighted by Crippen LogP contribution is 2.28. The van der Waals surface area contributed by atoms with Crippen molar-refractivity contribution in [1.82, 2.24) is 4.98 Å². The molecule has 1 nitrogen and oxygen atoms in total. The number of aromatic nitrogens is 1. The SMILES string of the molecule is CC(C)(C)c1ccc(-c2ncccc2Br)cc1. The van der Waals surface area contributed by atoms with E-state index in [0.717, 1.165) is 15.7 Å². The lowest BCUT2D eigenvalue weighted by Crippen LogP contribution is -2.10. The van der Waals surface area contributed by atoms with Gasteiger partial charge in [-0.15, -0.1) is 0 Å². The van der Waals surface area contributed by atoms with Crippen LogP contribution in [0.3, 0.4) is 0 Å². The van der Waals surface area contributed by atoms with Crippen LogP contribution < -0.4 is 0 Å². The van der Waals surface area contributed by atoms with Crippen LogP contribution in [-0.2, 0) is 5.41 Å². The van der Waals surface area contributed by atoms with E-state index in [1.54, 1.807) is 0 Å². The average Bonchev–Trinajstić information content (AvgIpc) is 2.29. The van der Waals surface area contributed by atoms with Gasteiger partial charge in [0.25, 0.3) is 0 Å². The van der Waals surface area contributed by atoms with Gasteiger partial charge in [0, 0.05) is 16.2 Å². The number of hydrogen-bond acceptors (Lipinski definition) is 1. The monoisotopic (exact) mass is 289 g/mol. The standard InChI is InChI=1S/C15H16BrN/c1-15(2,3)12-8-6-11(7-9-12)14-13(16)5-4-10-17-14/h4-10H,1-3H3. The number of rotatable bonds is 1. The molecule has 88 valence electrons. The number of benzene rings is 1. The van der Waals surface area contributed by atoms with Crippen LogP contribution in [0, 0.1) is 0 Å². The lowest BCUT2D eigenvalue weighted by molar-refractivity contribution is 0.590. The summed E-state index contributed by atoms with van der Waals surface area (Å²) in [6.45, 7) is 6.66. The summed E-state index contributed by atoms with van der Waals surface area (Å²) in [5.74, 6) is 0. The molecule has 2 rings (SSSR count). The normalized spacial score (nSPS) is 11.5. The summed E-state index contributed by atoms with van der Waals surface area (Å²) in [6.07, 6.45) is 1.82. The summed E-state index contributed by atoms with van der Waals surface area (Å²) in [7, 11) is 0. The fourth-order valence-corrected chi connectivity index (χ4v) is 2.21. The van der Waals surface area contributed by atoms with Crippen LogP contribution in [0.25, 0.3) is 11.3 Å². The first-order chi connectivity index (χ1) is 7.98. The molecule has 1 heterocycles. The van der Waals surface area contributed by atoms with E-state index in [4.69, 9.17) is 0 Å². The summed E-state index contributed by atoms with van der Waals surface area (Å²) < 4.78 is 1.03. The van der Waals surface area contributed by atoms with E-state index in [0.29, 0.717) is 0 Å². The second kappa shape index (κ2) is 4.61. The van der Waals surface area contributed by atoms with Gasteiger partial charge < -0.3 is 0 Å². The third-order valence-electron chi connectivity index (χ3n) is 2.78. The highest BCUT2D eigenvalue weighted by atomic mass is 79.9. The molecule has 0 amide bonds. The van der Waals surface area contributed by atoms with Gasteiger partial charge in [0.2, 0.25) is 0 Å². The summed E-state index contributed by atoms with van der Waals surface area (Å²) in [5.41, 5.74) is 3.67. The van der Waals surface area contributed by atoms with Crippen molar-refractivity contribution in [2.24, 2.45) is 0 Å². The first kappa shape index (κ1) is 12.3. The van der Waals surface area contributed by atoms with E-state index >= 15 is 0 Å². The van der Waals surface area contributed by atoms with Crippen LogP contribution in [0.15, 0.2) is 47.1 Å². The molecule has 0 aliphatic carbocycles. The second-order valence-corrected chi connectivity index (χ2v) is 6.02. The molecular weight excluding hydrogens is 274 g/mol. The Kier molecular flexibility index (Phi) is 3.34. The molecule has 1 aromatic heterocycles.